The Kier molecular flexibility index (Phi) is 6.43. The smallest absolute Gasteiger partial charge is 0.280 e. The molecule has 2 unspecified atom stereocenters. The second kappa shape index (κ2) is 8.73. The molecule has 12 heteroatoms. The highest BCUT2D eigenvalue weighted by Crippen LogP contribution is 2.40. The number of rotatable bonds is 6. The Bertz CT molecular complexity index is 1060. The average Bonchev–Trinajstić information content (AvgIpc) is 3.07. The highest BCUT2D eigenvalue weighted by Gasteiger charge is 2.41. The van der Waals surface area contributed by atoms with Gasteiger partial charge in [-0.2, -0.15) is 22.5 Å². The van der Waals surface area contributed by atoms with Crippen LogP contribution in [0.3, 0.4) is 0 Å². The number of anilines is 1. The molecule has 1 fully saturated rings. The zero-order chi connectivity index (χ0) is 22.9. The van der Waals surface area contributed by atoms with Crippen molar-refractivity contribution >= 4 is 21.8 Å². The van der Waals surface area contributed by atoms with Crippen molar-refractivity contribution in [1.82, 2.24) is 18.8 Å². The minimum absolute atomic E-state index is 0.235. The molecule has 1 amide bonds. The predicted octanol–water partition coefficient (Wildman–Crippen LogP) is 0.973. The van der Waals surface area contributed by atoms with Gasteiger partial charge in [0.25, 0.3) is 10.2 Å². The maximum atomic E-state index is 13.1. The molecule has 0 bridgehead atoms. The lowest BCUT2D eigenvalue weighted by Crippen LogP contribution is -2.56. The lowest BCUT2D eigenvalue weighted by Gasteiger charge is -2.36. The number of ether oxygens (including phenoxy) is 3. The zero-order valence-corrected chi connectivity index (χ0v) is 19.1. The van der Waals surface area contributed by atoms with E-state index in [9.17, 15) is 13.2 Å². The van der Waals surface area contributed by atoms with Gasteiger partial charge in [-0.15, -0.1) is 0 Å². The van der Waals surface area contributed by atoms with Crippen molar-refractivity contribution in [1.29, 1.82) is 0 Å². The molecule has 170 valence electrons. The summed E-state index contributed by atoms with van der Waals surface area (Å²) in [5, 5.41) is 6.94. The van der Waals surface area contributed by atoms with Crippen LogP contribution in [0.1, 0.15) is 23.7 Å². The number of likely N-dealkylation sites (N-methyl/N-ethyl adjacent to an activating group) is 1. The molecule has 2 atom stereocenters. The van der Waals surface area contributed by atoms with Crippen molar-refractivity contribution < 1.29 is 27.4 Å². The van der Waals surface area contributed by atoms with Crippen LogP contribution in [0, 0.1) is 6.92 Å². The van der Waals surface area contributed by atoms with Crippen LogP contribution in [0.15, 0.2) is 18.3 Å². The van der Waals surface area contributed by atoms with Crippen molar-refractivity contribution in [2.24, 2.45) is 7.05 Å². The number of nitrogens with zero attached hydrogens (tertiary/aromatic N) is 3. The van der Waals surface area contributed by atoms with E-state index in [0.29, 0.717) is 22.9 Å². The van der Waals surface area contributed by atoms with Gasteiger partial charge in [0.1, 0.15) is 6.04 Å². The molecular formula is C19H27N5O6S. The molecule has 0 radical (unpaired) electrons. The topological polar surface area (TPSA) is 124 Å². The summed E-state index contributed by atoms with van der Waals surface area (Å²) in [5.41, 5.74) is 1.93. The van der Waals surface area contributed by atoms with Gasteiger partial charge in [0.15, 0.2) is 11.5 Å². The minimum atomic E-state index is -3.87. The molecule has 2 heterocycles. The van der Waals surface area contributed by atoms with E-state index in [1.165, 1.54) is 28.4 Å². The van der Waals surface area contributed by atoms with Gasteiger partial charge in [0, 0.05) is 43.2 Å². The number of hydrogen-bond donors (Lipinski definition) is 2. The summed E-state index contributed by atoms with van der Waals surface area (Å²) >= 11 is 0. The van der Waals surface area contributed by atoms with E-state index in [4.69, 9.17) is 14.2 Å². The summed E-state index contributed by atoms with van der Waals surface area (Å²) in [5.74, 6) is 0.643. The fourth-order valence-electron chi connectivity index (χ4n) is 3.55. The van der Waals surface area contributed by atoms with Gasteiger partial charge in [-0.25, -0.2) is 0 Å². The van der Waals surface area contributed by atoms with E-state index in [1.807, 2.05) is 6.92 Å². The SMILES string of the molecule is COc1cc(NC(=O)C2CC(c3cnn(C)c3C)NS(=O)(=O)N2C)cc(OC)c1OC. The van der Waals surface area contributed by atoms with E-state index >= 15 is 0 Å². The Balaban J connectivity index is 1.90. The molecule has 0 saturated carbocycles. The first-order chi connectivity index (χ1) is 14.6. The molecule has 2 N–H and O–H groups in total. The maximum Gasteiger partial charge on any atom is 0.280 e. The zero-order valence-electron chi connectivity index (χ0n) is 18.3. The van der Waals surface area contributed by atoms with Gasteiger partial charge in [0.2, 0.25) is 11.7 Å². The molecule has 31 heavy (non-hydrogen) atoms. The van der Waals surface area contributed by atoms with E-state index < -0.39 is 28.2 Å². The number of carbonyl (C=O) groups excluding carboxylic acids is 1. The third-order valence-corrected chi connectivity index (χ3v) is 7.05. The van der Waals surface area contributed by atoms with Gasteiger partial charge in [-0.1, -0.05) is 0 Å². The monoisotopic (exact) mass is 453 g/mol. The lowest BCUT2D eigenvalue weighted by atomic mass is 10.00. The van der Waals surface area contributed by atoms with Crippen molar-refractivity contribution in [3.8, 4) is 17.2 Å². The van der Waals surface area contributed by atoms with E-state index in [1.54, 1.807) is 30.1 Å². The molecule has 1 saturated heterocycles. The number of aryl methyl sites for hydroxylation is 1. The maximum absolute atomic E-state index is 13.1. The summed E-state index contributed by atoms with van der Waals surface area (Å²) < 4.78 is 46.6. The highest BCUT2D eigenvalue weighted by atomic mass is 32.2. The Morgan fingerprint density at radius 1 is 1.16 bits per heavy atom. The lowest BCUT2D eigenvalue weighted by molar-refractivity contribution is -0.120. The van der Waals surface area contributed by atoms with Crippen LogP contribution >= 0.6 is 0 Å². The van der Waals surface area contributed by atoms with Crippen LogP contribution < -0.4 is 24.2 Å². The minimum Gasteiger partial charge on any atom is -0.493 e. The van der Waals surface area contributed by atoms with Crippen molar-refractivity contribution in [2.75, 3.05) is 33.7 Å². The van der Waals surface area contributed by atoms with E-state index in [-0.39, 0.29) is 6.42 Å². The summed E-state index contributed by atoms with van der Waals surface area (Å²) in [6, 6.07) is 1.65. The van der Waals surface area contributed by atoms with Crippen LogP contribution in [0.2, 0.25) is 0 Å². The van der Waals surface area contributed by atoms with Gasteiger partial charge < -0.3 is 19.5 Å². The van der Waals surface area contributed by atoms with E-state index in [0.717, 1.165) is 15.6 Å². The molecule has 0 spiro atoms. The van der Waals surface area contributed by atoms with Gasteiger partial charge in [-0.3, -0.25) is 9.48 Å². The molecule has 0 aliphatic carbocycles. The second-order valence-electron chi connectivity index (χ2n) is 7.16. The number of methoxy groups -OCH3 is 3. The second-order valence-corrected chi connectivity index (χ2v) is 8.92. The summed E-state index contributed by atoms with van der Waals surface area (Å²) in [7, 11) is 3.69. The van der Waals surface area contributed by atoms with Crippen molar-refractivity contribution in [3.05, 3.63) is 29.6 Å². The number of hydrogen-bond acceptors (Lipinski definition) is 7. The first-order valence-corrected chi connectivity index (χ1v) is 10.9. The van der Waals surface area contributed by atoms with Crippen molar-refractivity contribution in [2.45, 2.75) is 25.4 Å². The number of benzene rings is 1. The Hall–Kier alpha value is -2.83. The van der Waals surface area contributed by atoms with Crippen LogP contribution in [0.25, 0.3) is 0 Å². The number of aromatic nitrogens is 2. The molecule has 1 aliphatic rings. The molecule has 2 aromatic rings. The molecule has 3 rings (SSSR count). The number of carbonyl (C=O) groups is 1. The van der Waals surface area contributed by atoms with Crippen molar-refractivity contribution in [3.63, 3.8) is 0 Å². The summed E-state index contributed by atoms with van der Waals surface area (Å²) in [6.45, 7) is 1.85. The summed E-state index contributed by atoms with van der Waals surface area (Å²) in [4.78, 5) is 13.1. The molecule has 1 aromatic carbocycles. The van der Waals surface area contributed by atoms with Crippen LogP contribution in [-0.4, -0.2) is 62.8 Å². The normalized spacial score (nSPS) is 20.8. The Morgan fingerprint density at radius 3 is 2.26 bits per heavy atom. The molecule has 11 nitrogen and oxygen atoms in total. The number of nitrogens with one attached hydrogen (secondary N) is 2. The van der Waals surface area contributed by atoms with Crippen LogP contribution in [-0.2, 0) is 22.1 Å². The summed E-state index contributed by atoms with van der Waals surface area (Å²) in [6.07, 6.45) is 1.85. The Labute approximate surface area is 181 Å². The third kappa shape index (κ3) is 4.31. The van der Waals surface area contributed by atoms with Gasteiger partial charge in [-0.05, 0) is 13.3 Å². The van der Waals surface area contributed by atoms with Gasteiger partial charge >= 0.3 is 0 Å². The predicted molar refractivity (Wildman–Crippen MR) is 114 cm³/mol. The van der Waals surface area contributed by atoms with E-state index in [2.05, 4.69) is 15.1 Å². The number of amides is 1. The first-order valence-electron chi connectivity index (χ1n) is 9.47. The Morgan fingerprint density at radius 2 is 1.77 bits per heavy atom. The fraction of sp³-hybridized carbons (Fsp3) is 0.474. The van der Waals surface area contributed by atoms with Crippen LogP contribution in [0.4, 0.5) is 5.69 Å². The largest absolute Gasteiger partial charge is 0.493 e. The standard InChI is InChI=1S/C19H27N5O6S/c1-11-13(10-20-23(11)2)14-9-15(24(3)31(26,27)22-14)19(25)21-12-7-16(28-4)18(30-6)17(8-12)29-5/h7-8,10,14-15,22H,9H2,1-6H3,(H,21,25). The first kappa shape index (κ1) is 22.8. The molecular weight excluding hydrogens is 426 g/mol. The highest BCUT2D eigenvalue weighted by molar-refractivity contribution is 7.87. The molecule has 1 aromatic heterocycles. The quantitative estimate of drug-likeness (QED) is 0.668. The molecule has 1 aliphatic heterocycles. The van der Waals surface area contributed by atoms with Gasteiger partial charge in [0.05, 0.1) is 33.6 Å². The average molecular weight is 454 g/mol. The fourth-order valence-corrected chi connectivity index (χ4v) is 4.82. The van der Waals surface area contributed by atoms with Crippen LogP contribution in [0.5, 0.6) is 17.2 Å². The third-order valence-electron chi connectivity index (χ3n) is 5.45.